The van der Waals surface area contributed by atoms with E-state index in [0.29, 0.717) is 0 Å². The Balaban J connectivity index is 1.92. The largest absolute Gasteiger partial charge is 0.480 e. The van der Waals surface area contributed by atoms with Crippen LogP contribution < -0.4 is 16.6 Å². The molecule has 2 aromatic rings. The van der Waals surface area contributed by atoms with Crippen molar-refractivity contribution >= 4 is 17.9 Å². The Morgan fingerprint density at radius 2 is 1.97 bits per heavy atom. The molecule has 0 radical (unpaired) electrons. The van der Waals surface area contributed by atoms with Gasteiger partial charge in [-0.05, 0) is 49.8 Å². The fourth-order valence-corrected chi connectivity index (χ4v) is 3.47. The maximum Gasteiger partial charge on any atom is 0.332 e. The van der Waals surface area contributed by atoms with E-state index in [2.05, 4.69) is 10.3 Å². The van der Waals surface area contributed by atoms with E-state index >= 15 is 0 Å². The van der Waals surface area contributed by atoms with Gasteiger partial charge in [-0.1, -0.05) is 12.1 Å². The first-order chi connectivity index (χ1) is 14.5. The molecule has 30 heavy (non-hydrogen) atoms. The van der Waals surface area contributed by atoms with Gasteiger partial charge in [0.15, 0.2) is 12.2 Å². The Bertz CT molecular complexity index is 992. The predicted octanol–water partition coefficient (Wildman–Crippen LogP) is 2.30. The van der Waals surface area contributed by atoms with Crippen molar-refractivity contribution in [3.8, 4) is 0 Å². The summed E-state index contributed by atoms with van der Waals surface area (Å²) in [6.45, 7) is 0.207. The number of aliphatic imine (C=N–C) groups is 1. The van der Waals surface area contributed by atoms with E-state index in [4.69, 9.17) is 9.84 Å². The lowest BCUT2D eigenvalue weighted by Gasteiger charge is -2.15. The van der Waals surface area contributed by atoms with Crippen LogP contribution in [0.2, 0.25) is 0 Å². The molecular formula is C21H27FN4O4. The van der Waals surface area contributed by atoms with Crippen molar-refractivity contribution in [1.29, 1.82) is 0 Å². The molecule has 3 rings (SSSR count). The van der Waals surface area contributed by atoms with Crippen molar-refractivity contribution in [3.05, 3.63) is 56.5 Å². The van der Waals surface area contributed by atoms with Gasteiger partial charge in [0.05, 0.1) is 6.10 Å². The molecule has 1 aromatic carbocycles. The first kappa shape index (κ1) is 21.8. The van der Waals surface area contributed by atoms with Gasteiger partial charge in [-0.15, -0.1) is 0 Å². The quantitative estimate of drug-likeness (QED) is 0.481. The Labute approximate surface area is 173 Å². The summed E-state index contributed by atoms with van der Waals surface area (Å²) in [6.07, 6.45) is 5.83. The molecule has 0 bridgehead atoms. The Hall–Kier alpha value is -2.94. The van der Waals surface area contributed by atoms with Gasteiger partial charge in [-0.25, -0.2) is 14.2 Å². The van der Waals surface area contributed by atoms with Gasteiger partial charge in [-0.2, -0.15) is 0 Å². The lowest BCUT2D eigenvalue weighted by atomic mass is 10.2. The average molecular weight is 418 g/mol. The number of aliphatic hydroxyl groups is 1. The number of hydrogen-bond acceptors (Lipinski definition) is 6. The molecule has 8 nitrogen and oxygen atoms in total. The summed E-state index contributed by atoms with van der Waals surface area (Å²) in [5, 5.41) is 12.1. The van der Waals surface area contributed by atoms with Crippen LogP contribution in [0.15, 0.2) is 38.8 Å². The smallest absolute Gasteiger partial charge is 0.332 e. The normalized spacial score (nSPS) is 14.5. The van der Waals surface area contributed by atoms with Crippen LogP contribution in [0.4, 0.5) is 15.9 Å². The molecule has 0 atom stereocenters. The predicted molar refractivity (Wildman–Crippen MR) is 113 cm³/mol. The van der Waals surface area contributed by atoms with Crippen molar-refractivity contribution in [3.63, 3.8) is 0 Å². The molecule has 1 aromatic heterocycles. The van der Waals surface area contributed by atoms with E-state index in [9.17, 15) is 14.0 Å². The molecule has 1 fully saturated rings. The number of aliphatic hydroxyl groups excluding tert-OH is 1. The molecule has 1 aliphatic rings. The highest BCUT2D eigenvalue weighted by molar-refractivity contribution is 5.66. The molecule has 1 saturated carbocycles. The van der Waals surface area contributed by atoms with Crippen LogP contribution in [-0.2, 0) is 24.9 Å². The fourth-order valence-electron chi connectivity index (χ4n) is 3.47. The molecule has 9 heteroatoms. The molecule has 162 valence electrons. The zero-order chi connectivity index (χ0) is 21.5. The summed E-state index contributed by atoms with van der Waals surface area (Å²) in [4.78, 5) is 29.9. The third kappa shape index (κ3) is 5.15. The summed E-state index contributed by atoms with van der Waals surface area (Å²) in [5.41, 5.74) is -0.134. The Kier molecular flexibility index (Phi) is 7.40. The molecule has 0 spiro atoms. The molecule has 0 saturated heterocycles. The number of aromatic nitrogens is 2. The lowest BCUT2D eigenvalue weighted by molar-refractivity contribution is 0.208. The van der Waals surface area contributed by atoms with Gasteiger partial charge < -0.3 is 15.2 Å². The van der Waals surface area contributed by atoms with Crippen LogP contribution in [0.3, 0.4) is 0 Å². The van der Waals surface area contributed by atoms with Crippen molar-refractivity contribution in [2.45, 2.75) is 51.3 Å². The topological polar surface area (TPSA) is 97.8 Å². The second kappa shape index (κ2) is 10.2. The standard InChI is InChI=1S/C21H27FN4O4/c1-25-19(24-14-30-17-5-2-3-6-17)18(20(28)26(21(25)29)11-4-12-27)23-13-15-7-9-16(22)10-8-15/h7-10,14,17,23,27H,2-6,11-13H2,1H3/b24-14+. The van der Waals surface area contributed by atoms with E-state index in [1.807, 2.05) is 0 Å². The Morgan fingerprint density at radius 3 is 2.63 bits per heavy atom. The van der Waals surface area contributed by atoms with Crippen LogP contribution in [0.25, 0.3) is 0 Å². The minimum absolute atomic E-state index is 0.0931. The zero-order valence-corrected chi connectivity index (χ0v) is 17.0. The maximum atomic E-state index is 13.1. The summed E-state index contributed by atoms with van der Waals surface area (Å²) in [5.74, 6) is -0.188. The van der Waals surface area contributed by atoms with Crippen LogP contribution >= 0.6 is 0 Å². The van der Waals surface area contributed by atoms with Crippen molar-refractivity contribution in [2.75, 3.05) is 11.9 Å². The molecule has 0 amide bonds. The molecule has 1 aliphatic carbocycles. The number of halogens is 1. The fraction of sp³-hybridized carbons (Fsp3) is 0.476. The van der Waals surface area contributed by atoms with Crippen LogP contribution in [0.5, 0.6) is 0 Å². The van der Waals surface area contributed by atoms with Gasteiger partial charge in [0.1, 0.15) is 11.5 Å². The summed E-state index contributed by atoms with van der Waals surface area (Å²) in [7, 11) is 1.53. The summed E-state index contributed by atoms with van der Waals surface area (Å²) >= 11 is 0. The van der Waals surface area contributed by atoms with Crippen molar-refractivity contribution in [2.24, 2.45) is 12.0 Å². The van der Waals surface area contributed by atoms with E-state index in [1.54, 1.807) is 12.1 Å². The second-order valence-electron chi connectivity index (χ2n) is 7.33. The third-order valence-electron chi connectivity index (χ3n) is 5.17. The summed E-state index contributed by atoms with van der Waals surface area (Å²) in [6, 6.07) is 5.90. The van der Waals surface area contributed by atoms with Crippen LogP contribution in [0.1, 0.15) is 37.7 Å². The molecule has 0 aliphatic heterocycles. The first-order valence-electron chi connectivity index (χ1n) is 10.1. The van der Waals surface area contributed by atoms with Gasteiger partial charge in [0.25, 0.3) is 5.56 Å². The van der Waals surface area contributed by atoms with E-state index in [0.717, 1.165) is 35.8 Å². The summed E-state index contributed by atoms with van der Waals surface area (Å²) < 4.78 is 21.1. The number of benzene rings is 1. The highest BCUT2D eigenvalue weighted by Gasteiger charge is 2.18. The van der Waals surface area contributed by atoms with Gasteiger partial charge >= 0.3 is 5.69 Å². The minimum Gasteiger partial charge on any atom is -0.480 e. The van der Waals surface area contributed by atoms with Gasteiger partial charge in [0, 0.05) is 26.7 Å². The van der Waals surface area contributed by atoms with E-state index in [-0.39, 0.29) is 49.5 Å². The van der Waals surface area contributed by atoms with Gasteiger partial charge in [0.2, 0.25) is 0 Å². The highest BCUT2D eigenvalue weighted by Crippen LogP contribution is 2.22. The minimum atomic E-state index is -0.526. The molecule has 2 N–H and O–H groups in total. The number of rotatable bonds is 9. The number of nitrogens with zero attached hydrogens (tertiary/aromatic N) is 3. The van der Waals surface area contributed by atoms with Crippen LogP contribution in [-0.4, -0.2) is 33.4 Å². The Morgan fingerprint density at radius 1 is 1.27 bits per heavy atom. The van der Waals surface area contributed by atoms with Crippen LogP contribution in [0, 0.1) is 5.82 Å². The van der Waals surface area contributed by atoms with E-state index < -0.39 is 11.2 Å². The maximum absolute atomic E-state index is 13.1. The number of ether oxygens (including phenoxy) is 1. The zero-order valence-electron chi connectivity index (χ0n) is 17.0. The number of nitrogens with one attached hydrogen (secondary N) is 1. The second-order valence-corrected chi connectivity index (χ2v) is 7.33. The monoisotopic (exact) mass is 418 g/mol. The molecule has 0 unspecified atom stereocenters. The van der Waals surface area contributed by atoms with Crippen molar-refractivity contribution in [1.82, 2.24) is 9.13 Å². The van der Waals surface area contributed by atoms with Gasteiger partial charge in [-0.3, -0.25) is 13.9 Å². The van der Waals surface area contributed by atoms with Crippen molar-refractivity contribution < 1.29 is 14.2 Å². The van der Waals surface area contributed by atoms with E-state index in [1.165, 1.54) is 30.1 Å². The molecule has 1 heterocycles. The third-order valence-corrected chi connectivity index (χ3v) is 5.17. The highest BCUT2D eigenvalue weighted by atomic mass is 19.1. The molecular weight excluding hydrogens is 391 g/mol. The lowest BCUT2D eigenvalue weighted by Crippen LogP contribution is -2.40. The first-order valence-corrected chi connectivity index (χ1v) is 10.1. The SMILES string of the molecule is Cn1c(/N=C/OC2CCCC2)c(NCc2ccc(F)cc2)c(=O)n(CCCO)c1=O. The number of anilines is 1. The average Bonchev–Trinajstić information content (AvgIpc) is 3.26. The number of hydrogen-bond donors (Lipinski definition) is 2.